The van der Waals surface area contributed by atoms with Gasteiger partial charge in [-0.15, -0.1) is 0 Å². The maximum Gasteiger partial charge on any atom is 0.295 e. The van der Waals surface area contributed by atoms with Crippen LogP contribution in [0.2, 0.25) is 0 Å². The second-order valence-electron chi connectivity index (χ2n) is 46.0. The van der Waals surface area contributed by atoms with Crippen LogP contribution >= 0.6 is 0 Å². The monoisotopic (exact) mass is 1980 g/mol. The molecule has 7 fully saturated rings. The topological polar surface area (TPSA) is 44.0 Å². The molecule has 0 amide bonds. The molecule has 0 N–H and O–H groups in total. The molecule has 7 aliphatic carbocycles. The van der Waals surface area contributed by atoms with Crippen molar-refractivity contribution in [2.24, 2.45) is 0 Å². The first kappa shape index (κ1) is 105. The van der Waals surface area contributed by atoms with E-state index in [9.17, 15) is 0 Å². The number of hydrogen-bond acceptors (Lipinski definition) is 0. The zero-order valence-electron chi connectivity index (χ0n) is 94.6. The Morgan fingerprint density at radius 1 is 0.168 bits per heavy atom. The van der Waals surface area contributed by atoms with Crippen LogP contribution in [0.1, 0.15) is 363 Å². The van der Waals surface area contributed by atoms with Crippen LogP contribution in [0.15, 0.2) is 243 Å². The van der Waals surface area contributed by atoms with Gasteiger partial charge < -0.3 is 0 Å². The minimum atomic E-state index is 0.531. The van der Waals surface area contributed by atoms with Gasteiger partial charge in [0.05, 0.1) is 27.8 Å². The molecule has 0 saturated heterocycles. The van der Waals surface area contributed by atoms with E-state index in [1.165, 1.54) is 406 Å². The number of aromatic nitrogens is 10. The second-order valence-corrected chi connectivity index (χ2v) is 46.0. The third-order valence-corrected chi connectivity index (χ3v) is 36.0. The molecular formula is C139H171N10+5. The Bertz CT molecular complexity index is 7220. The number of hydrogen-bond donors (Lipinski definition) is 0. The molecule has 149 heavy (non-hydrogen) atoms. The smallest absolute Gasteiger partial charge is 0.224 e. The third-order valence-electron chi connectivity index (χ3n) is 36.0. The van der Waals surface area contributed by atoms with Gasteiger partial charge in [-0.05, 0) is 372 Å². The lowest BCUT2D eigenvalue weighted by atomic mass is 9.85. The van der Waals surface area contributed by atoms with E-state index >= 15 is 0 Å². The average molecular weight is 1980 g/mol. The van der Waals surface area contributed by atoms with Crippen LogP contribution in [-0.2, 0) is 0 Å². The van der Waals surface area contributed by atoms with Crippen molar-refractivity contribution in [2.75, 3.05) is 0 Å². The van der Waals surface area contributed by atoms with Crippen LogP contribution in [0, 0.1) is 152 Å². The molecule has 0 bridgehead atoms. The minimum Gasteiger partial charge on any atom is -0.224 e. The largest absolute Gasteiger partial charge is 0.295 e. The van der Waals surface area contributed by atoms with Crippen molar-refractivity contribution in [3.8, 4) is 96.6 Å². The van der Waals surface area contributed by atoms with Crippen molar-refractivity contribution >= 4 is 0 Å². The summed E-state index contributed by atoms with van der Waals surface area (Å²) in [6.45, 7) is 50.2. The van der Waals surface area contributed by atoms with Gasteiger partial charge in [0.2, 0.25) is 0 Å². The summed E-state index contributed by atoms with van der Waals surface area (Å²) in [5.41, 5.74) is 49.6. The molecule has 7 saturated carbocycles. The van der Waals surface area contributed by atoms with Crippen molar-refractivity contribution in [2.45, 2.75) is 381 Å². The van der Waals surface area contributed by atoms with Crippen LogP contribution in [-0.4, -0.2) is 22.8 Å². The lowest BCUT2D eigenvalue weighted by Crippen LogP contribution is -2.44. The zero-order valence-corrected chi connectivity index (χ0v) is 94.6. The van der Waals surface area contributed by atoms with Gasteiger partial charge in [0, 0.05) is 65.9 Å². The average Bonchev–Trinajstić information content (AvgIpc) is 1.70. The van der Waals surface area contributed by atoms with Crippen molar-refractivity contribution in [3.63, 3.8) is 0 Å². The number of nitrogens with zero attached hydrogens (tertiary/aromatic N) is 10. The van der Waals surface area contributed by atoms with E-state index in [1.54, 1.807) is 11.4 Å². The Kier molecular flexibility index (Phi) is 32.5. The summed E-state index contributed by atoms with van der Waals surface area (Å²) in [7, 11) is 0. The standard InChI is InChI=1S/C30H39N2.C30H33N2.C29H37N2.2C25H31N2/c2*1-21-13-8-11-20-27(21)31-24(4)29(25-16-6-5-7-17-25)32(26-18-9-10-19-26)30(31)28-22(2)14-12-15-23(28)3;1-20-12-5-10-19-26(20)30-23(4)28(24-15-6-7-16-24)31(25-17-8-9-18-25)29(30)27-21(2)13-11-14-22(27)3;2*1-17-11-6-9-16-23(17)27-21(5)20(4)26(22-14-7-8-15-22)25(27)24-18(2)12-10-13-19(24)3/h8,11-15,20,25-26H,5-7,9-10,16-19H2,1-4H3;5-8,11-17,20,26H,9-10,18-19H2,1-4H3;5,10-14,19,24-25H,6-9,15-18H2,1-4H3;2*6,9-13,16,22H,7-8,14-15H2,1-5H3/q5*+1. The first-order valence-corrected chi connectivity index (χ1v) is 57.7. The van der Waals surface area contributed by atoms with Crippen molar-refractivity contribution < 1.29 is 22.8 Å². The van der Waals surface area contributed by atoms with Gasteiger partial charge in [-0.3, -0.25) is 0 Å². The van der Waals surface area contributed by atoms with Crippen LogP contribution < -0.4 is 22.8 Å². The highest BCUT2D eigenvalue weighted by molar-refractivity contribution is 5.74. The van der Waals surface area contributed by atoms with Crippen molar-refractivity contribution in [1.82, 2.24) is 22.8 Å². The number of aryl methyl sites for hydroxylation is 15. The fraction of sp³-hybridized carbons (Fsp3) is 0.417. The SMILES string of the molecule is Cc1ccccc1-n1c(C)c(-c2ccccc2)[n+](C2CCCC2)c1-c1c(C)cccc1C.Cc1ccccc1-n1c(C)c(C)[n+](C2CCCC2)c1-c1c(C)cccc1C.Cc1ccccc1-n1c(C)c(C)[n+](C2CCCC2)c1-c1c(C)cccc1C.Cc1ccccc1-n1c(C)c(C2CCCC2)[n+](C2CCCC2)c1-c1c(C)cccc1C.Cc1ccccc1-n1c(C)c(C2CCCCC2)[n+](C2CCCC2)c1-c1c(C)cccc1C. The van der Waals surface area contributed by atoms with Gasteiger partial charge in [-0.2, -0.15) is 22.8 Å². The second kappa shape index (κ2) is 46.1. The number of para-hydroxylation sites is 5. The first-order valence-electron chi connectivity index (χ1n) is 57.7. The van der Waals surface area contributed by atoms with Crippen molar-refractivity contribution in [1.29, 1.82) is 0 Å². The third kappa shape index (κ3) is 20.6. The van der Waals surface area contributed by atoms with E-state index < -0.39 is 0 Å². The lowest BCUT2D eigenvalue weighted by molar-refractivity contribution is -0.718. The van der Waals surface area contributed by atoms with E-state index in [1.807, 2.05) is 0 Å². The Morgan fingerprint density at radius 3 is 0.611 bits per heavy atom. The molecular weight excluding hydrogens is 1810 g/mol. The van der Waals surface area contributed by atoms with Gasteiger partial charge in [0.15, 0.2) is 11.4 Å². The van der Waals surface area contributed by atoms with Gasteiger partial charge in [0.25, 0.3) is 29.1 Å². The van der Waals surface area contributed by atoms with Crippen LogP contribution in [0.3, 0.4) is 0 Å². The van der Waals surface area contributed by atoms with Crippen LogP contribution in [0.5, 0.6) is 0 Å². The maximum atomic E-state index is 2.85. The van der Waals surface area contributed by atoms with E-state index in [4.69, 9.17) is 0 Å². The van der Waals surface area contributed by atoms with E-state index in [0.717, 1.165) is 0 Å². The van der Waals surface area contributed by atoms with Crippen molar-refractivity contribution in [3.05, 3.63) is 377 Å². The normalized spacial score (nSPS) is 16.0. The molecule has 7 aliphatic rings. The molecule has 772 valence electrons. The van der Waals surface area contributed by atoms with E-state index in [-0.39, 0.29) is 0 Å². The summed E-state index contributed by atoms with van der Waals surface area (Å²) < 4.78 is 26.5. The molecule has 0 spiro atoms. The maximum absolute atomic E-state index is 2.85. The molecule has 5 heterocycles. The van der Waals surface area contributed by atoms with Crippen LogP contribution in [0.25, 0.3) is 96.6 Å². The van der Waals surface area contributed by atoms with Gasteiger partial charge in [0.1, 0.15) is 104 Å². The quantitative estimate of drug-likeness (QED) is 0.0769. The summed E-state index contributed by atoms with van der Waals surface area (Å²) in [5, 5.41) is 0. The molecule has 23 rings (SSSR count). The summed E-state index contributed by atoms with van der Waals surface area (Å²) >= 11 is 0. The summed E-state index contributed by atoms with van der Waals surface area (Å²) in [6, 6.07) is 91.9. The number of benzene rings is 11. The fourth-order valence-corrected chi connectivity index (χ4v) is 28.4. The zero-order chi connectivity index (χ0) is 104. The molecule has 0 atom stereocenters. The first-order chi connectivity index (χ1) is 72.2. The highest BCUT2D eigenvalue weighted by atomic mass is 15.3. The predicted molar refractivity (Wildman–Crippen MR) is 621 cm³/mol. The van der Waals surface area contributed by atoms with Crippen LogP contribution in [0.4, 0.5) is 0 Å². The predicted octanol–water partition coefficient (Wildman–Crippen LogP) is 34.9. The van der Waals surface area contributed by atoms with Gasteiger partial charge in [-0.1, -0.05) is 244 Å². The molecule has 10 nitrogen and oxygen atoms in total. The molecule has 0 unspecified atom stereocenters. The summed E-state index contributed by atoms with van der Waals surface area (Å²) in [6.07, 6.45) is 38.7. The summed E-state index contributed by atoms with van der Waals surface area (Å²) in [4.78, 5) is 0. The molecule has 0 radical (unpaired) electrons. The van der Waals surface area contributed by atoms with Gasteiger partial charge >= 0.3 is 0 Å². The molecule has 10 heteroatoms. The molecule has 11 aromatic carbocycles. The lowest BCUT2D eigenvalue weighted by Gasteiger charge is -2.23. The highest BCUT2D eigenvalue weighted by Crippen LogP contribution is 2.48. The van der Waals surface area contributed by atoms with E-state index in [2.05, 4.69) is 441 Å². The highest BCUT2D eigenvalue weighted by Gasteiger charge is 2.47. The number of imidazole rings is 5. The Balaban J connectivity index is 0.000000117. The summed E-state index contributed by atoms with van der Waals surface area (Å²) in [5.74, 6) is 8.31. The number of rotatable bonds is 18. The molecule has 5 aromatic heterocycles. The fourth-order valence-electron chi connectivity index (χ4n) is 28.4. The molecule has 0 aliphatic heterocycles. The Labute approximate surface area is 894 Å². The Hall–Kier alpha value is -12.5. The van der Waals surface area contributed by atoms with E-state index in [0.29, 0.717) is 42.0 Å². The Morgan fingerprint density at radius 2 is 0.356 bits per heavy atom. The van der Waals surface area contributed by atoms with Gasteiger partial charge in [-0.25, -0.2) is 22.8 Å². The minimum absolute atomic E-state index is 0.531. The molecule has 16 aromatic rings.